The van der Waals surface area contributed by atoms with Crippen LogP contribution in [0.1, 0.15) is 70.8 Å². The molecule has 0 saturated carbocycles. The lowest BCUT2D eigenvalue weighted by atomic mass is 9.74. The van der Waals surface area contributed by atoms with Crippen molar-refractivity contribution in [1.82, 2.24) is 0 Å². The van der Waals surface area contributed by atoms with E-state index < -0.39 is 0 Å². The van der Waals surface area contributed by atoms with Crippen LogP contribution in [-0.4, -0.2) is 0 Å². The maximum atomic E-state index is 2.52. The molecule has 46 heavy (non-hydrogen) atoms. The summed E-state index contributed by atoms with van der Waals surface area (Å²) in [6.45, 7) is 19.1. The van der Waals surface area contributed by atoms with Gasteiger partial charge in [0.1, 0.15) is 0 Å². The van der Waals surface area contributed by atoms with Gasteiger partial charge < -0.3 is 0 Å². The van der Waals surface area contributed by atoms with Crippen molar-refractivity contribution in [3.63, 3.8) is 0 Å². The van der Waals surface area contributed by atoms with E-state index in [4.69, 9.17) is 0 Å². The lowest BCUT2D eigenvalue weighted by Gasteiger charge is -2.29. The first-order valence-electron chi connectivity index (χ1n) is 15.7. The quantitative estimate of drug-likeness (QED) is 0.171. The van der Waals surface area contributed by atoms with Crippen LogP contribution in [0.3, 0.4) is 0 Å². The summed E-state index contributed by atoms with van der Waals surface area (Å²) in [6.07, 6.45) is 0. The molecular weight excluding hydrogens is 673 g/mol. The fraction of sp³-hybridized carbons (Fsp3) is 0.250. The summed E-state index contributed by atoms with van der Waals surface area (Å²) in [5.74, 6) is 0. The van der Waals surface area contributed by atoms with Gasteiger partial charge >= 0.3 is 0 Å². The number of hydrogen-bond acceptors (Lipinski definition) is 6. The van der Waals surface area contributed by atoms with Gasteiger partial charge in [0.15, 0.2) is 0 Å². The Morgan fingerprint density at radius 2 is 0.717 bits per heavy atom. The Labute approximate surface area is 295 Å². The second-order valence-electron chi connectivity index (χ2n) is 13.9. The zero-order valence-corrected chi connectivity index (χ0v) is 32.1. The molecule has 0 aliphatic heterocycles. The second-order valence-corrected chi connectivity index (χ2v) is 20.7. The molecule has 0 radical (unpaired) electrons. The zero-order chi connectivity index (χ0) is 31.9. The normalized spacial score (nSPS) is 15.3. The molecule has 2 aliphatic rings. The van der Waals surface area contributed by atoms with Gasteiger partial charge in [-0.3, -0.25) is 0 Å². The molecule has 0 N–H and O–H groups in total. The van der Waals surface area contributed by atoms with E-state index in [1.54, 1.807) is 11.1 Å². The van der Waals surface area contributed by atoms with Gasteiger partial charge in [-0.15, -0.1) is 68.0 Å². The maximum Gasteiger partial charge on any atom is 0.0452 e. The predicted molar refractivity (Wildman–Crippen MR) is 210 cm³/mol. The van der Waals surface area contributed by atoms with E-state index in [1.165, 1.54) is 91.9 Å². The van der Waals surface area contributed by atoms with Gasteiger partial charge in [-0.1, -0.05) is 27.7 Å². The molecular formula is C40H34S6. The highest BCUT2D eigenvalue weighted by molar-refractivity contribution is 7.28. The topological polar surface area (TPSA) is 0 Å². The van der Waals surface area contributed by atoms with Gasteiger partial charge in [-0.05, 0) is 133 Å². The second kappa shape index (κ2) is 9.97. The van der Waals surface area contributed by atoms with Gasteiger partial charge in [-0.2, -0.15) is 0 Å². The molecule has 9 rings (SSSR count). The lowest BCUT2D eigenvalue weighted by molar-refractivity contribution is 0.646. The van der Waals surface area contributed by atoms with Gasteiger partial charge in [0.2, 0.25) is 0 Å². The third kappa shape index (κ3) is 4.04. The Kier molecular flexibility index (Phi) is 6.41. The van der Waals surface area contributed by atoms with Crippen LogP contribution >= 0.6 is 68.0 Å². The van der Waals surface area contributed by atoms with Crippen LogP contribution in [-0.2, 0) is 10.8 Å². The lowest BCUT2D eigenvalue weighted by Crippen LogP contribution is -2.20. The number of rotatable bonds is 4. The molecule has 7 aromatic rings. The molecule has 1 aromatic carbocycles. The number of aryl methyl sites for hydroxylation is 2. The van der Waals surface area contributed by atoms with E-state index in [0.717, 1.165) is 0 Å². The van der Waals surface area contributed by atoms with Crippen LogP contribution in [0.5, 0.6) is 0 Å². The van der Waals surface area contributed by atoms with Crippen molar-refractivity contribution in [1.29, 1.82) is 0 Å². The van der Waals surface area contributed by atoms with Crippen molar-refractivity contribution >= 4 is 68.0 Å². The average Bonchev–Trinajstić information content (AvgIpc) is 3.84. The van der Waals surface area contributed by atoms with E-state index in [2.05, 4.69) is 116 Å². The SMILES string of the molecule is Cc1ccc(-c2ccc(-c3cc4c(s3)-c3c(C)c5c(c(C)c3C4(C)C)-c3sc(-c4ccc(-c6ccc(C)s6)s4)cc3C5(C)C)s2)s1. The third-order valence-corrected chi connectivity index (χ3v) is 17.4. The maximum absolute atomic E-state index is 2.52. The Hall–Kier alpha value is -2.58. The Balaban J connectivity index is 1.16. The minimum absolute atomic E-state index is 0.0390. The molecule has 2 aliphatic carbocycles. The fourth-order valence-electron chi connectivity index (χ4n) is 8.06. The molecule has 0 saturated heterocycles. The molecule has 0 atom stereocenters. The first-order chi connectivity index (χ1) is 21.9. The van der Waals surface area contributed by atoms with E-state index in [-0.39, 0.29) is 10.8 Å². The molecule has 0 spiro atoms. The number of hydrogen-bond donors (Lipinski definition) is 0. The zero-order valence-electron chi connectivity index (χ0n) is 27.2. The van der Waals surface area contributed by atoms with Crippen molar-refractivity contribution < 1.29 is 0 Å². The molecule has 230 valence electrons. The average molecular weight is 707 g/mol. The first-order valence-corrected chi connectivity index (χ1v) is 20.6. The standard InChI is InChI=1S/C40H34S6/c1-19-9-11-25(41-19)27-13-15-29(43-27)31-17-23-37(45-31)33-21(3)36-34(22(4)35(33)39(23,5)6)38-24(40(36,7)8)18-32(46-38)30-16-14-28(44-30)26-12-10-20(2)42-26/h9-18H,1-8H3. The Morgan fingerprint density at radius 1 is 0.391 bits per heavy atom. The molecule has 0 fully saturated rings. The van der Waals surface area contributed by atoms with Crippen LogP contribution in [0, 0.1) is 27.7 Å². The highest BCUT2D eigenvalue weighted by Gasteiger charge is 2.47. The molecule has 6 aromatic heterocycles. The minimum atomic E-state index is -0.0390. The van der Waals surface area contributed by atoms with Crippen molar-refractivity contribution in [3.8, 4) is 59.9 Å². The molecule has 6 heteroatoms. The molecule has 0 bridgehead atoms. The molecule has 0 amide bonds. The van der Waals surface area contributed by atoms with Crippen molar-refractivity contribution in [2.45, 2.75) is 66.2 Å². The van der Waals surface area contributed by atoms with Crippen LogP contribution < -0.4 is 0 Å². The first kappa shape index (κ1) is 29.6. The third-order valence-electron chi connectivity index (χ3n) is 10.2. The summed E-state index contributed by atoms with van der Waals surface area (Å²) in [6, 6.07) is 23.3. The van der Waals surface area contributed by atoms with Crippen LogP contribution in [0.2, 0.25) is 0 Å². The number of fused-ring (bicyclic) bond motifs is 6. The summed E-state index contributed by atoms with van der Waals surface area (Å²) >= 11 is 11.7. The Bertz CT molecular complexity index is 2200. The summed E-state index contributed by atoms with van der Waals surface area (Å²) in [5.41, 5.74) is 12.0. The van der Waals surface area contributed by atoms with Gasteiger partial charge in [0.05, 0.1) is 0 Å². The largest absolute Gasteiger partial charge is 0.140 e. The molecule has 0 unspecified atom stereocenters. The fourth-order valence-corrected chi connectivity index (χ4v) is 15.0. The highest BCUT2D eigenvalue weighted by Crippen LogP contribution is 2.64. The van der Waals surface area contributed by atoms with E-state index in [1.807, 2.05) is 68.0 Å². The van der Waals surface area contributed by atoms with E-state index in [9.17, 15) is 0 Å². The summed E-state index contributed by atoms with van der Waals surface area (Å²) in [7, 11) is 0. The minimum Gasteiger partial charge on any atom is -0.140 e. The summed E-state index contributed by atoms with van der Waals surface area (Å²) < 4.78 is 0. The molecule has 6 heterocycles. The monoisotopic (exact) mass is 706 g/mol. The van der Waals surface area contributed by atoms with E-state index >= 15 is 0 Å². The van der Waals surface area contributed by atoms with Crippen molar-refractivity contribution in [3.05, 3.63) is 104 Å². The number of benzene rings is 1. The van der Waals surface area contributed by atoms with Gasteiger partial charge in [-0.25, -0.2) is 0 Å². The van der Waals surface area contributed by atoms with E-state index in [0.29, 0.717) is 0 Å². The van der Waals surface area contributed by atoms with Crippen LogP contribution in [0.4, 0.5) is 0 Å². The smallest absolute Gasteiger partial charge is 0.0452 e. The number of thiophene rings is 6. The predicted octanol–water partition coefficient (Wildman–Crippen LogP) is 14.6. The van der Waals surface area contributed by atoms with Gasteiger partial charge in [0.25, 0.3) is 0 Å². The summed E-state index contributed by atoms with van der Waals surface area (Å²) in [4.78, 5) is 16.8. The van der Waals surface area contributed by atoms with Gasteiger partial charge in [0, 0.05) is 69.4 Å². The van der Waals surface area contributed by atoms with Crippen LogP contribution in [0.25, 0.3) is 59.9 Å². The summed E-state index contributed by atoms with van der Waals surface area (Å²) in [5, 5.41) is 0. The molecule has 0 nitrogen and oxygen atoms in total. The highest BCUT2D eigenvalue weighted by atomic mass is 32.1. The van der Waals surface area contributed by atoms with Crippen molar-refractivity contribution in [2.24, 2.45) is 0 Å². The van der Waals surface area contributed by atoms with Crippen molar-refractivity contribution in [2.75, 3.05) is 0 Å². The Morgan fingerprint density at radius 3 is 1.07 bits per heavy atom. The van der Waals surface area contributed by atoms with Crippen LogP contribution in [0.15, 0.2) is 60.7 Å².